The van der Waals surface area contributed by atoms with E-state index in [0.29, 0.717) is 5.56 Å². The molecule has 0 radical (unpaired) electrons. The number of hydrogen-bond acceptors (Lipinski definition) is 8. The van der Waals surface area contributed by atoms with Gasteiger partial charge in [0, 0.05) is 29.1 Å². The van der Waals surface area contributed by atoms with Gasteiger partial charge in [-0.15, -0.1) is 0 Å². The van der Waals surface area contributed by atoms with Crippen LogP contribution in [-0.4, -0.2) is 48.9 Å². The van der Waals surface area contributed by atoms with Gasteiger partial charge in [0.15, 0.2) is 6.61 Å². The van der Waals surface area contributed by atoms with Crippen LogP contribution in [-0.2, 0) is 19.1 Å². The van der Waals surface area contributed by atoms with Gasteiger partial charge in [0.2, 0.25) is 5.91 Å². The maximum absolute atomic E-state index is 12.4. The Bertz CT molecular complexity index is 1140. The highest BCUT2D eigenvalue weighted by Gasteiger charge is 2.37. The SMILES string of the molecule is COc1cc([N+](=O)[O-])ccc1N1C[C@H](C(=O)OCC(=O)NNC(=O)c2ccc(Br)cc2)CC1=O. The number of anilines is 1. The molecule has 1 atom stereocenters. The van der Waals surface area contributed by atoms with Gasteiger partial charge < -0.3 is 14.4 Å². The predicted molar refractivity (Wildman–Crippen MR) is 121 cm³/mol. The van der Waals surface area contributed by atoms with Gasteiger partial charge in [-0.2, -0.15) is 0 Å². The number of nitrogens with zero attached hydrogens (tertiary/aromatic N) is 2. The summed E-state index contributed by atoms with van der Waals surface area (Å²) in [5.74, 6) is -3.24. The zero-order valence-corrected chi connectivity index (χ0v) is 19.4. The van der Waals surface area contributed by atoms with Crippen molar-refractivity contribution < 1.29 is 33.6 Å². The second-order valence-corrected chi connectivity index (χ2v) is 8.05. The van der Waals surface area contributed by atoms with Crippen LogP contribution in [0, 0.1) is 16.0 Å². The number of esters is 1. The number of nitrogens with one attached hydrogen (secondary N) is 2. The molecule has 1 fully saturated rings. The number of amides is 3. The quantitative estimate of drug-likeness (QED) is 0.308. The molecule has 1 aliphatic rings. The van der Waals surface area contributed by atoms with Crippen LogP contribution < -0.4 is 20.5 Å². The van der Waals surface area contributed by atoms with Crippen molar-refractivity contribution in [1.82, 2.24) is 10.9 Å². The van der Waals surface area contributed by atoms with Gasteiger partial charge in [-0.25, -0.2) is 0 Å². The monoisotopic (exact) mass is 534 g/mol. The van der Waals surface area contributed by atoms with E-state index in [2.05, 4.69) is 26.8 Å². The molecule has 13 heteroatoms. The molecule has 0 spiro atoms. The number of hydrogen-bond donors (Lipinski definition) is 2. The zero-order valence-electron chi connectivity index (χ0n) is 17.8. The molecule has 178 valence electrons. The first kappa shape index (κ1) is 24.6. The minimum absolute atomic E-state index is 0.0479. The fourth-order valence-corrected chi connectivity index (χ4v) is 3.46. The summed E-state index contributed by atoms with van der Waals surface area (Å²) in [5, 5.41) is 11.0. The van der Waals surface area contributed by atoms with Crippen molar-refractivity contribution in [1.29, 1.82) is 0 Å². The van der Waals surface area contributed by atoms with Crippen LogP contribution >= 0.6 is 15.9 Å². The van der Waals surface area contributed by atoms with E-state index in [1.807, 2.05) is 0 Å². The van der Waals surface area contributed by atoms with E-state index in [9.17, 15) is 29.3 Å². The van der Waals surface area contributed by atoms with Gasteiger partial charge in [-0.1, -0.05) is 15.9 Å². The van der Waals surface area contributed by atoms with Gasteiger partial charge in [0.05, 0.1) is 29.7 Å². The first-order valence-corrected chi connectivity index (χ1v) is 10.6. The van der Waals surface area contributed by atoms with Crippen molar-refractivity contribution in [3.63, 3.8) is 0 Å². The standard InChI is InChI=1S/C21H19BrN4O8/c1-33-17-9-15(26(31)32)6-7-16(17)25-10-13(8-19(25)28)21(30)34-11-18(27)23-24-20(29)12-2-4-14(22)5-3-12/h2-7,9,13H,8,10-11H2,1H3,(H,23,27)(H,24,29)/t13-/m1/s1. The van der Waals surface area contributed by atoms with Gasteiger partial charge in [-0.3, -0.25) is 40.1 Å². The van der Waals surface area contributed by atoms with E-state index in [-0.39, 0.29) is 30.1 Å². The lowest BCUT2D eigenvalue weighted by Gasteiger charge is -2.19. The van der Waals surface area contributed by atoms with Crippen molar-refractivity contribution >= 4 is 51.0 Å². The molecule has 0 aromatic heterocycles. The highest BCUT2D eigenvalue weighted by atomic mass is 79.9. The van der Waals surface area contributed by atoms with Crippen molar-refractivity contribution in [2.45, 2.75) is 6.42 Å². The largest absolute Gasteiger partial charge is 0.494 e. The summed E-state index contributed by atoms with van der Waals surface area (Å²) < 4.78 is 10.9. The topological polar surface area (TPSA) is 157 Å². The second-order valence-electron chi connectivity index (χ2n) is 7.14. The van der Waals surface area contributed by atoms with E-state index >= 15 is 0 Å². The molecule has 12 nitrogen and oxygen atoms in total. The van der Waals surface area contributed by atoms with E-state index in [1.165, 1.54) is 30.2 Å². The van der Waals surface area contributed by atoms with E-state index in [0.717, 1.165) is 4.47 Å². The lowest BCUT2D eigenvalue weighted by atomic mass is 10.1. The molecule has 1 heterocycles. The number of carbonyl (C=O) groups excluding carboxylic acids is 4. The minimum atomic E-state index is -0.849. The fourth-order valence-electron chi connectivity index (χ4n) is 3.19. The number of nitro benzene ring substituents is 1. The third kappa shape index (κ3) is 5.86. The molecule has 0 aliphatic carbocycles. The molecule has 2 N–H and O–H groups in total. The first-order chi connectivity index (χ1) is 16.2. The molecule has 0 saturated carbocycles. The smallest absolute Gasteiger partial charge is 0.311 e. The average molecular weight is 535 g/mol. The van der Waals surface area contributed by atoms with E-state index in [1.54, 1.807) is 24.3 Å². The zero-order chi connectivity index (χ0) is 24.8. The highest BCUT2D eigenvalue weighted by molar-refractivity contribution is 9.10. The van der Waals surface area contributed by atoms with Gasteiger partial charge in [0.25, 0.3) is 17.5 Å². The number of methoxy groups -OCH3 is 1. The molecule has 1 saturated heterocycles. The Morgan fingerprint density at radius 2 is 1.88 bits per heavy atom. The predicted octanol–water partition coefficient (Wildman–Crippen LogP) is 1.72. The molecule has 1 aliphatic heterocycles. The first-order valence-electron chi connectivity index (χ1n) is 9.83. The third-order valence-electron chi connectivity index (χ3n) is 4.89. The number of rotatable bonds is 7. The number of hydrazine groups is 1. The van der Waals surface area contributed by atoms with Crippen molar-refractivity contribution in [3.8, 4) is 5.75 Å². The molecule has 3 rings (SSSR count). The van der Waals surface area contributed by atoms with E-state index < -0.39 is 41.1 Å². The second kappa shape index (κ2) is 10.7. The number of nitro groups is 1. The maximum atomic E-state index is 12.4. The fraction of sp³-hybridized carbons (Fsp3) is 0.238. The van der Waals surface area contributed by atoms with Gasteiger partial charge in [0.1, 0.15) is 5.75 Å². The molecule has 3 amide bonds. The summed E-state index contributed by atoms with van der Waals surface area (Å²) in [5.41, 5.74) is 4.73. The Balaban J connectivity index is 1.52. The van der Waals surface area contributed by atoms with E-state index in [4.69, 9.17) is 9.47 Å². The summed E-state index contributed by atoms with van der Waals surface area (Å²) in [6.45, 7) is -0.710. The molecule has 0 bridgehead atoms. The molecule has 0 unspecified atom stereocenters. The number of non-ortho nitro benzene ring substituents is 1. The molecular weight excluding hydrogens is 516 g/mol. The van der Waals surface area contributed by atoms with Crippen molar-refractivity contribution in [2.75, 3.05) is 25.2 Å². The number of halogens is 1. The Morgan fingerprint density at radius 3 is 2.53 bits per heavy atom. The molecular formula is C21H19BrN4O8. The minimum Gasteiger partial charge on any atom is -0.494 e. The van der Waals surface area contributed by atoms with Crippen molar-refractivity contribution in [2.24, 2.45) is 5.92 Å². The van der Waals surface area contributed by atoms with Gasteiger partial charge in [-0.05, 0) is 30.3 Å². The van der Waals surface area contributed by atoms with Crippen LogP contribution in [0.25, 0.3) is 0 Å². The normalized spacial score (nSPS) is 14.9. The van der Waals surface area contributed by atoms with Crippen molar-refractivity contribution in [3.05, 3.63) is 62.6 Å². The Hall–Kier alpha value is -4.00. The molecule has 2 aromatic rings. The number of carbonyl (C=O) groups is 4. The highest BCUT2D eigenvalue weighted by Crippen LogP contribution is 2.35. The number of benzene rings is 2. The van der Waals surface area contributed by atoms with Crippen LogP contribution in [0.4, 0.5) is 11.4 Å². The molecule has 2 aromatic carbocycles. The van der Waals surface area contributed by atoms with Crippen LogP contribution in [0.15, 0.2) is 46.9 Å². The van der Waals surface area contributed by atoms with Crippen LogP contribution in [0.2, 0.25) is 0 Å². The average Bonchev–Trinajstić information content (AvgIpc) is 3.22. The molecule has 34 heavy (non-hydrogen) atoms. The lowest BCUT2D eigenvalue weighted by molar-refractivity contribution is -0.384. The number of ether oxygens (including phenoxy) is 2. The Morgan fingerprint density at radius 1 is 1.18 bits per heavy atom. The summed E-state index contributed by atoms with van der Waals surface area (Å²) in [6.07, 6.45) is -0.166. The summed E-state index contributed by atoms with van der Waals surface area (Å²) in [4.78, 5) is 60.3. The third-order valence-corrected chi connectivity index (χ3v) is 5.42. The maximum Gasteiger partial charge on any atom is 0.311 e. The summed E-state index contributed by atoms with van der Waals surface area (Å²) >= 11 is 3.25. The van der Waals surface area contributed by atoms with Crippen LogP contribution in [0.3, 0.4) is 0 Å². The van der Waals surface area contributed by atoms with Gasteiger partial charge >= 0.3 is 5.97 Å². The summed E-state index contributed by atoms with van der Waals surface area (Å²) in [7, 11) is 1.31. The van der Waals surface area contributed by atoms with Crippen LogP contribution in [0.5, 0.6) is 5.75 Å². The Labute approximate surface area is 201 Å². The lowest BCUT2D eigenvalue weighted by Crippen LogP contribution is -2.43. The summed E-state index contributed by atoms with van der Waals surface area (Å²) in [6, 6.07) is 10.2. The van der Waals surface area contributed by atoms with Crippen LogP contribution in [0.1, 0.15) is 16.8 Å². The Kier molecular flexibility index (Phi) is 7.79.